The number of methoxy groups -OCH3 is 2. The molecule has 2 aromatic rings. The van der Waals surface area contributed by atoms with Gasteiger partial charge in [-0.2, -0.15) is 0 Å². The van der Waals surface area contributed by atoms with Gasteiger partial charge in [-0.3, -0.25) is 19.3 Å². The van der Waals surface area contributed by atoms with Gasteiger partial charge < -0.3 is 14.8 Å². The Morgan fingerprint density at radius 1 is 0.969 bits per heavy atom. The van der Waals surface area contributed by atoms with Crippen LogP contribution in [-0.2, 0) is 9.59 Å². The molecule has 7 nitrogen and oxygen atoms in total. The molecule has 1 heterocycles. The maximum absolute atomic E-state index is 13.1. The first-order valence-electron chi connectivity index (χ1n) is 10.1. The van der Waals surface area contributed by atoms with E-state index in [0.29, 0.717) is 41.3 Å². The first-order valence-corrected chi connectivity index (χ1v) is 12.0. The molecule has 2 fully saturated rings. The van der Waals surface area contributed by atoms with Crippen molar-refractivity contribution in [1.29, 1.82) is 0 Å². The van der Waals surface area contributed by atoms with E-state index in [1.165, 1.54) is 12.0 Å². The molecule has 0 bridgehead atoms. The average molecular weight is 566 g/mol. The normalized spacial score (nSPS) is 24.8. The zero-order valence-corrected chi connectivity index (χ0v) is 20.7. The third kappa shape index (κ3) is 4.15. The van der Waals surface area contributed by atoms with Crippen LogP contribution in [0.4, 0.5) is 11.4 Å². The van der Waals surface area contributed by atoms with Crippen molar-refractivity contribution in [1.82, 2.24) is 0 Å². The van der Waals surface area contributed by atoms with Crippen molar-refractivity contribution in [3.8, 4) is 11.5 Å². The minimum absolute atomic E-state index is 0.136. The number of nitrogens with one attached hydrogen (secondary N) is 1. The van der Waals surface area contributed by atoms with E-state index in [1.54, 1.807) is 49.6 Å². The molecule has 1 saturated heterocycles. The minimum atomic E-state index is -0.382. The van der Waals surface area contributed by atoms with Gasteiger partial charge in [-0.15, -0.1) is 0 Å². The van der Waals surface area contributed by atoms with Crippen molar-refractivity contribution < 1.29 is 23.9 Å². The summed E-state index contributed by atoms with van der Waals surface area (Å²) in [5.41, 5.74) is 1.21. The summed E-state index contributed by atoms with van der Waals surface area (Å²) in [6.45, 7) is 0. The van der Waals surface area contributed by atoms with Crippen molar-refractivity contribution in [2.24, 2.45) is 11.8 Å². The van der Waals surface area contributed by atoms with Gasteiger partial charge in [0.05, 0.1) is 37.4 Å². The minimum Gasteiger partial charge on any atom is -0.497 e. The van der Waals surface area contributed by atoms with Gasteiger partial charge in [-0.1, -0.05) is 37.9 Å². The predicted octanol–water partition coefficient (Wildman–Crippen LogP) is 4.38. The molecule has 2 aromatic carbocycles. The smallest absolute Gasteiger partial charge is 0.255 e. The van der Waals surface area contributed by atoms with E-state index in [1.807, 2.05) is 0 Å². The Balaban J connectivity index is 1.57. The maximum Gasteiger partial charge on any atom is 0.255 e. The van der Waals surface area contributed by atoms with Crippen LogP contribution in [0, 0.1) is 11.8 Å². The number of hydrogen-bond donors (Lipinski definition) is 1. The summed E-state index contributed by atoms with van der Waals surface area (Å²) in [6.07, 6.45) is 1.19. The highest BCUT2D eigenvalue weighted by atomic mass is 79.9. The van der Waals surface area contributed by atoms with Crippen LogP contribution in [0.25, 0.3) is 0 Å². The molecule has 1 aliphatic carbocycles. The van der Waals surface area contributed by atoms with E-state index in [0.717, 1.165) is 0 Å². The van der Waals surface area contributed by atoms with Crippen LogP contribution in [0.1, 0.15) is 23.2 Å². The summed E-state index contributed by atoms with van der Waals surface area (Å²) in [6, 6.07) is 11.6. The van der Waals surface area contributed by atoms with Crippen LogP contribution >= 0.6 is 31.9 Å². The fourth-order valence-corrected chi connectivity index (χ4v) is 5.47. The van der Waals surface area contributed by atoms with Crippen molar-refractivity contribution in [2.75, 3.05) is 24.4 Å². The number of halogens is 2. The topological polar surface area (TPSA) is 84.9 Å². The molecule has 2 aliphatic rings. The van der Waals surface area contributed by atoms with E-state index < -0.39 is 0 Å². The molecular formula is C23H22Br2N2O5. The van der Waals surface area contributed by atoms with Crippen molar-refractivity contribution in [3.63, 3.8) is 0 Å². The largest absolute Gasteiger partial charge is 0.497 e. The molecule has 0 radical (unpaired) electrons. The van der Waals surface area contributed by atoms with Gasteiger partial charge in [-0.25, -0.2) is 0 Å². The zero-order valence-electron chi connectivity index (χ0n) is 17.5. The SMILES string of the molecule is COc1ccc(NC(=O)c2cccc(N3C(=O)[C@H]4C[C@@H](Br)[C@@H](Br)C[C@H]4C3=O)c2)c(OC)c1. The Labute approximate surface area is 202 Å². The lowest BCUT2D eigenvalue weighted by Gasteiger charge is -2.29. The van der Waals surface area contributed by atoms with E-state index in [4.69, 9.17) is 9.47 Å². The van der Waals surface area contributed by atoms with Crippen molar-refractivity contribution in [3.05, 3.63) is 48.0 Å². The second kappa shape index (κ2) is 9.23. The monoisotopic (exact) mass is 564 g/mol. The Hall–Kier alpha value is -2.39. The Bertz CT molecular complexity index is 1050. The third-order valence-corrected chi connectivity index (χ3v) is 8.67. The van der Waals surface area contributed by atoms with Crippen molar-refractivity contribution >= 4 is 61.0 Å². The lowest BCUT2D eigenvalue weighted by Crippen LogP contribution is -2.34. The molecule has 4 rings (SSSR count). The standard InChI is InChI=1S/C23H22Br2N2O5/c1-31-14-6-7-19(20(9-14)32-2)26-21(28)12-4-3-5-13(8-12)27-22(29)15-10-17(24)18(25)11-16(15)23(27)30/h3-9,15-18H,10-11H2,1-2H3,(H,26,28)/t15-,16+,17+,18-. The van der Waals surface area contributed by atoms with Gasteiger partial charge in [0, 0.05) is 21.3 Å². The summed E-state index contributed by atoms with van der Waals surface area (Å²) in [5.74, 6) is -0.435. The summed E-state index contributed by atoms with van der Waals surface area (Å²) in [7, 11) is 3.05. The number of fused-ring (bicyclic) bond motifs is 1. The number of amides is 3. The summed E-state index contributed by atoms with van der Waals surface area (Å²) in [4.78, 5) is 40.5. The van der Waals surface area contributed by atoms with Crippen LogP contribution in [0.5, 0.6) is 11.5 Å². The van der Waals surface area contributed by atoms with Gasteiger partial charge >= 0.3 is 0 Å². The predicted molar refractivity (Wildman–Crippen MR) is 128 cm³/mol. The number of carbonyl (C=O) groups excluding carboxylic acids is 3. The van der Waals surface area contributed by atoms with Gasteiger partial charge in [-0.05, 0) is 43.2 Å². The van der Waals surface area contributed by atoms with E-state index in [2.05, 4.69) is 37.2 Å². The molecule has 1 N–H and O–H groups in total. The molecule has 1 saturated carbocycles. The van der Waals surface area contributed by atoms with Gasteiger partial charge in [0.2, 0.25) is 11.8 Å². The number of benzene rings is 2. The molecule has 4 atom stereocenters. The Morgan fingerprint density at radius 3 is 2.22 bits per heavy atom. The molecular weight excluding hydrogens is 544 g/mol. The zero-order chi connectivity index (χ0) is 23.0. The number of rotatable bonds is 5. The lowest BCUT2D eigenvalue weighted by molar-refractivity contribution is -0.122. The fourth-order valence-electron chi connectivity index (χ4n) is 4.23. The maximum atomic E-state index is 13.1. The second-order valence-corrected chi connectivity index (χ2v) is 10.2. The molecule has 3 amide bonds. The quantitative estimate of drug-likeness (QED) is 0.429. The van der Waals surface area contributed by atoms with E-state index in [9.17, 15) is 14.4 Å². The number of imide groups is 1. The summed E-state index contributed by atoms with van der Waals surface area (Å²) >= 11 is 7.19. The van der Waals surface area contributed by atoms with E-state index in [-0.39, 0.29) is 39.2 Å². The van der Waals surface area contributed by atoms with Crippen LogP contribution < -0.4 is 19.7 Å². The molecule has 32 heavy (non-hydrogen) atoms. The lowest BCUT2D eigenvalue weighted by atomic mass is 9.81. The number of nitrogens with zero attached hydrogens (tertiary/aromatic N) is 1. The molecule has 0 unspecified atom stereocenters. The Kier molecular flexibility index (Phi) is 6.57. The second-order valence-electron chi connectivity index (χ2n) is 7.80. The first kappa shape index (κ1) is 22.8. The number of carbonyl (C=O) groups is 3. The first-order chi connectivity index (χ1) is 15.3. The highest BCUT2D eigenvalue weighted by Crippen LogP contribution is 2.44. The molecule has 1 aliphatic heterocycles. The summed E-state index contributed by atoms with van der Waals surface area (Å²) in [5, 5.41) is 2.81. The molecule has 168 valence electrons. The average Bonchev–Trinajstić information content (AvgIpc) is 3.03. The van der Waals surface area contributed by atoms with Gasteiger partial charge in [0.15, 0.2) is 0 Å². The third-order valence-electron chi connectivity index (χ3n) is 5.93. The fraction of sp³-hybridized carbons (Fsp3) is 0.348. The highest BCUT2D eigenvalue weighted by Gasteiger charge is 2.52. The molecule has 0 spiro atoms. The van der Waals surface area contributed by atoms with Gasteiger partial charge in [0.25, 0.3) is 5.91 Å². The number of alkyl halides is 2. The van der Waals surface area contributed by atoms with Crippen LogP contribution in [0.2, 0.25) is 0 Å². The Morgan fingerprint density at radius 2 is 1.62 bits per heavy atom. The number of ether oxygens (including phenoxy) is 2. The number of anilines is 2. The van der Waals surface area contributed by atoms with Crippen LogP contribution in [0.3, 0.4) is 0 Å². The summed E-state index contributed by atoms with van der Waals surface area (Å²) < 4.78 is 10.5. The van der Waals surface area contributed by atoms with Gasteiger partial charge in [0.1, 0.15) is 11.5 Å². The number of hydrogen-bond acceptors (Lipinski definition) is 5. The van der Waals surface area contributed by atoms with Crippen molar-refractivity contribution in [2.45, 2.75) is 22.5 Å². The van der Waals surface area contributed by atoms with E-state index >= 15 is 0 Å². The van der Waals surface area contributed by atoms with Crippen LogP contribution in [-0.4, -0.2) is 41.6 Å². The highest BCUT2D eigenvalue weighted by molar-refractivity contribution is 9.12. The van der Waals surface area contributed by atoms with Crippen LogP contribution in [0.15, 0.2) is 42.5 Å². The molecule has 9 heteroatoms. The molecule has 0 aromatic heterocycles.